The topological polar surface area (TPSA) is 117 Å². The van der Waals surface area contributed by atoms with Gasteiger partial charge in [0.1, 0.15) is 11.4 Å². The zero-order chi connectivity index (χ0) is 32.0. The Balaban J connectivity index is 1.81. The zero-order valence-corrected chi connectivity index (χ0v) is 24.2. The molecule has 0 saturated carbocycles. The minimum Gasteiger partial charge on any atom is -0.493 e. The molecule has 4 rings (SSSR count). The van der Waals surface area contributed by atoms with Crippen molar-refractivity contribution >= 4 is 28.4 Å². The van der Waals surface area contributed by atoms with Gasteiger partial charge in [0.15, 0.2) is 11.5 Å². The first-order chi connectivity index (χ1) is 20.9. The van der Waals surface area contributed by atoms with Crippen LogP contribution < -0.4 is 14.2 Å². The summed E-state index contributed by atoms with van der Waals surface area (Å²) in [4.78, 5) is 51.4. The molecule has 0 spiro atoms. The number of hydrogen-bond acceptors (Lipinski definition) is 9. The fourth-order valence-electron chi connectivity index (χ4n) is 4.29. The van der Waals surface area contributed by atoms with E-state index < -0.39 is 36.8 Å². The van der Waals surface area contributed by atoms with Gasteiger partial charge in [-0.15, -0.1) is 0 Å². The summed E-state index contributed by atoms with van der Waals surface area (Å²) in [7, 11) is 2.77. The first-order valence-corrected chi connectivity index (χ1v) is 13.2. The van der Waals surface area contributed by atoms with Crippen LogP contribution in [0, 0.1) is 0 Å². The number of hydroxylamine groups is 2. The molecule has 4 aromatic rings. The highest BCUT2D eigenvalue weighted by molar-refractivity contribution is 6.15. The van der Waals surface area contributed by atoms with Crippen molar-refractivity contribution in [2.24, 2.45) is 0 Å². The first kappa shape index (κ1) is 31.7. The van der Waals surface area contributed by atoms with Crippen molar-refractivity contribution in [1.82, 2.24) is 15.0 Å². The second-order valence-electron chi connectivity index (χ2n) is 9.75. The molecule has 2 heterocycles. The number of ketones is 1. The standard InChI is InChI=1S/C31H28F3N3O7/c1-18(2)43-22-9-5-8-20(12-22)29(39)28-24-14-26(42-4)25(41-3)13-23(24)21(16-36-28)17-37(44-30(40)31(32,33)34)27(38)11-19-7-6-10-35-15-19/h5-10,12-16,18H,11,17H2,1-4H3. The van der Waals surface area contributed by atoms with Crippen molar-refractivity contribution in [1.29, 1.82) is 0 Å². The molecule has 44 heavy (non-hydrogen) atoms. The molecule has 0 aliphatic heterocycles. The van der Waals surface area contributed by atoms with Crippen LogP contribution in [0.2, 0.25) is 0 Å². The fourth-order valence-corrected chi connectivity index (χ4v) is 4.29. The lowest BCUT2D eigenvalue weighted by Gasteiger charge is -2.23. The van der Waals surface area contributed by atoms with Gasteiger partial charge in [0, 0.05) is 35.1 Å². The van der Waals surface area contributed by atoms with Gasteiger partial charge < -0.3 is 19.0 Å². The summed E-state index contributed by atoms with van der Waals surface area (Å²) in [6.45, 7) is 3.06. The van der Waals surface area contributed by atoms with Gasteiger partial charge in [-0.1, -0.05) is 18.2 Å². The number of amides is 1. The maximum absolute atomic E-state index is 13.7. The number of pyridine rings is 2. The van der Waals surface area contributed by atoms with Crippen LogP contribution in [0.15, 0.2) is 67.1 Å². The van der Waals surface area contributed by atoms with Crippen LogP contribution in [-0.2, 0) is 27.4 Å². The predicted molar refractivity (Wildman–Crippen MR) is 151 cm³/mol. The van der Waals surface area contributed by atoms with Crippen molar-refractivity contribution in [2.45, 2.75) is 39.1 Å². The lowest BCUT2D eigenvalue weighted by molar-refractivity contribution is -0.238. The van der Waals surface area contributed by atoms with Crippen molar-refractivity contribution in [3.05, 3.63) is 89.5 Å². The smallest absolute Gasteiger partial charge is 0.493 e. The number of nitrogens with zero attached hydrogens (tertiary/aromatic N) is 3. The number of benzene rings is 2. The van der Waals surface area contributed by atoms with E-state index in [1.54, 1.807) is 36.4 Å². The minimum absolute atomic E-state index is 0.00748. The SMILES string of the molecule is COc1cc2c(CN(OC(=O)C(F)(F)F)C(=O)Cc3cccnc3)cnc(C(=O)c3cccc(OC(C)C)c3)c2cc1OC. The van der Waals surface area contributed by atoms with E-state index >= 15 is 0 Å². The second-order valence-corrected chi connectivity index (χ2v) is 9.75. The number of ether oxygens (including phenoxy) is 3. The molecule has 0 aliphatic carbocycles. The Kier molecular flexibility index (Phi) is 9.67. The van der Waals surface area contributed by atoms with Crippen LogP contribution in [0.1, 0.15) is 41.0 Å². The van der Waals surface area contributed by atoms with Gasteiger partial charge >= 0.3 is 12.1 Å². The highest BCUT2D eigenvalue weighted by Crippen LogP contribution is 2.36. The molecule has 0 saturated heterocycles. The molecule has 1 amide bonds. The van der Waals surface area contributed by atoms with Gasteiger partial charge in [-0.2, -0.15) is 18.2 Å². The predicted octanol–water partition coefficient (Wildman–Crippen LogP) is 5.26. The number of methoxy groups -OCH3 is 2. The Morgan fingerprint density at radius 3 is 2.25 bits per heavy atom. The maximum atomic E-state index is 13.7. The van der Waals surface area contributed by atoms with Gasteiger partial charge in [-0.3, -0.25) is 19.6 Å². The summed E-state index contributed by atoms with van der Waals surface area (Å²) < 4.78 is 56.0. The highest BCUT2D eigenvalue weighted by atomic mass is 19.4. The van der Waals surface area contributed by atoms with Crippen LogP contribution in [0.5, 0.6) is 17.2 Å². The Labute approximate surface area is 250 Å². The summed E-state index contributed by atoms with van der Waals surface area (Å²) in [6.07, 6.45) is -1.86. The average Bonchev–Trinajstić information content (AvgIpc) is 2.99. The molecule has 2 aromatic heterocycles. The van der Waals surface area contributed by atoms with E-state index in [9.17, 15) is 27.6 Å². The number of aromatic nitrogens is 2. The third-order valence-corrected chi connectivity index (χ3v) is 6.25. The highest BCUT2D eigenvalue weighted by Gasteiger charge is 2.43. The number of hydrogen-bond donors (Lipinski definition) is 0. The van der Waals surface area contributed by atoms with Gasteiger partial charge in [-0.05, 0) is 55.1 Å². The van der Waals surface area contributed by atoms with Crippen LogP contribution in [0.25, 0.3) is 10.8 Å². The van der Waals surface area contributed by atoms with Crippen molar-refractivity contribution < 1.29 is 46.6 Å². The maximum Gasteiger partial charge on any atom is 0.493 e. The van der Waals surface area contributed by atoms with Crippen LogP contribution >= 0.6 is 0 Å². The van der Waals surface area contributed by atoms with Gasteiger partial charge in [0.2, 0.25) is 5.78 Å². The molecular formula is C31H28F3N3O7. The molecule has 0 atom stereocenters. The van der Waals surface area contributed by atoms with E-state index in [4.69, 9.17) is 14.2 Å². The monoisotopic (exact) mass is 611 g/mol. The molecule has 10 nitrogen and oxygen atoms in total. The number of carbonyl (C=O) groups excluding carboxylic acids is 3. The lowest BCUT2D eigenvalue weighted by atomic mass is 9.98. The van der Waals surface area contributed by atoms with E-state index in [1.165, 1.54) is 44.9 Å². The van der Waals surface area contributed by atoms with Crippen molar-refractivity contribution in [2.75, 3.05) is 14.2 Å². The Morgan fingerprint density at radius 2 is 1.64 bits per heavy atom. The number of halogens is 3. The first-order valence-electron chi connectivity index (χ1n) is 13.2. The van der Waals surface area contributed by atoms with E-state index in [0.717, 1.165) is 0 Å². The third kappa shape index (κ3) is 7.41. The van der Waals surface area contributed by atoms with Crippen LogP contribution in [0.3, 0.4) is 0 Å². The molecule has 0 N–H and O–H groups in total. The number of fused-ring (bicyclic) bond motifs is 1. The molecule has 0 bridgehead atoms. The summed E-state index contributed by atoms with van der Waals surface area (Å²) in [6, 6.07) is 12.6. The summed E-state index contributed by atoms with van der Waals surface area (Å²) in [5.41, 5.74) is 0.798. The number of alkyl halides is 3. The number of rotatable bonds is 10. The van der Waals surface area contributed by atoms with Gasteiger partial charge in [-0.25, -0.2) is 4.79 Å². The molecule has 0 unspecified atom stereocenters. The largest absolute Gasteiger partial charge is 0.493 e. The fraction of sp³-hybridized carbons (Fsp3) is 0.258. The molecule has 230 valence electrons. The Bertz CT molecular complexity index is 1680. The van der Waals surface area contributed by atoms with E-state index in [2.05, 4.69) is 14.8 Å². The number of carbonyl (C=O) groups is 3. The third-order valence-electron chi connectivity index (χ3n) is 6.25. The summed E-state index contributed by atoms with van der Waals surface area (Å²) >= 11 is 0. The Hall–Kier alpha value is -5.20. The summed E-state index contributed by atoms with van der Waals surface area (Å²) in [5, 5.41) is 0.851. The van der Waals surface area contributed by atoms with E-state index in [1.807, 2.05) is 13.8 Å². The van der Waals surface area contributed by atoms with Gasteiger partial charge in [0.05, 0.1) is 33.3 Å². The Morgan fingerprint density at radius 1 is 0.932 bits per heavy atom. The van der Waals surface area contributed by atoms with E-state index in [-0.39, 0.29) is 45.2 Å². The molecule has 13 heteroatoms. The molecular weight excluding hydrogens is 583 g/mol. The normalized spacial score (nSPS) is 11.3. The van der Waals surface area contributed by atoms with Crippen LogP contribution in [-0.4, -0.2) is 59.2 Å². The van der Waals surface area contributed by atoms with Crippen molar-refractivity contribution in [3.63, 3.8) is 0 Å². The minimum atomic E-state index is -5.37. The van der Waals surface area contributed by atoms with E-state index in [0.29, 0.717) is 16.4 Å². The quantitative estimate of drug-likeness (QED) is 0.175. The van der Waals surface area contributed by atoms with Gasteiger partial charge in [0.25, 0.3) is 5.91 Å². The van der Waals surface area contributed by atoms with Crippen molar-refractivity contribution in [3.8, 4) is 17.2 Å². The second kappa shape index (κ2) is 13.4. The molecule has 0 fully saturated rings. The summed E-state index contributed by atoms with van der Waals surface area (Å²) in [5.74, 6) is -3.05. The van der Waals surface area contributed by atoms with Crippen LogP contribution in [0.4, 0.5) is 13.2 Å². The lowest BCUT2D eigenvalue weighted by Crippen LogP contribution is -2.39. The molecule has 0 radical (unpaired) electrons. The molecule has 0 aliphatic rings. The average molecular weight is 612 g/mol. The zero-order valence-electron chi connectivity index (χ0n) is 24.2. The molecule has 2 aromatic carbocycles.